The number of nitrogens with zero attached hydrogens (tertiary/aromatic N) is 1. The van der Waals surface area contributed by atoms with E-state index in [0.29, 0.717) is 0 Å². The summed E-state index contributed by atoms with van der Waals surface area (Å²) in [6, 6.07) is 10.6. The molecule has 0 bridgehead atoms. The number of nitrogens with two attached hydrogens (primary N) is 1. The number of hydrogen-bond donors (Lipinski definition) is 3. The minimum atomic E-state index is -3.68. The SMILES string of the molecule is CC(CN)(NS(=O)(=O)c1ccn[nH]1)c1ccccc1. The highest BCUT2D eigenvalue weighted by Gasteiger charge is 2.31. The first-order chi connectivity index (χ1) is 8.98. The van der Waals surface area contributed by atoms with Crippen LogP contribution >= 0.6 is 0 Å². The number of aromatic nitrogens is 2. The van der Waals surface area contributed by atoms with Crippen molar-refractivity contribution in [3.8, 4) is 0 Å². The van der Waals surface area contributed by atoms with E-state index >= 15 is 0 Å². The van der Waals surface area contributed by atoms with Gasteiger partial charge >= 0.3 is 0 Å². The van der Waals surface area contributed by atoms with Crippen molar-refractivity contribution >= 4 is 10.0 Å². The predicted octanol–water partition coefficient (Wildman–Crippen LogP) is 0.562. The van der Waals surface area contributed by atoms with Crippen molar-refractivity contribution in [3.63, 3.8) is 0 Å². The van der Waals surface area contributed by atoms with E-state index in [1.165, 1.54) is 12.3 Å². The standard InChI is InChI=1S/C12H16N4O2S/c1-12(9-13,10-5-3-2-4-6-10)16-19(17,18)11-7-8-14-15-11/h2-8,16H,9,13H2,1H3,(H,14,15). The van der Waals surface area contributed by atoms with Crippen LogP contribution < -0.4 is 10.5 Å². The van der Waals surface area contributed by atoms with E-state index in [4.69, 9.17) is 5.73 Å². The number of H-pyrrole nitrogens is 1. The Balaban J connectivity index is 2.35. The zero-order valence-electron chi connectivity index (χ0n) is 10.5. The molecule has 0 aliphatic rings. The molecule has 2 aromatic rings. The molecule has 7 heteroatoms. The average molecular weight is 280 g/mol. The molecule has 4 N–H and O–H groups in total. The Kier molecular flexibility index (Phi) is 3.70. The van der Waals surface area contributed by atoms with Crippen LogP contribution in [0.25, 0.3) is 0 Å². The Hall–Kier alpha value is -1.70. The third kappa shape index (κ3) is 2.83. The highest BCUT2D eigenvalue weighted by molar-refractivity contribution is 7.89. The summed E-state index contributed by atoms with van der Waals surface area (Å²) in [4.78, 5) is 0. The second-order valence-corrected chi connectivity index (χ2v) is 6.08. The van der Waals surface area contributed by atoms with Crippen LogP contribution in [0.3, 0.4) is 0 Å². The van der Waals surface area contributed by atoms with E-state index < -0.39 is 15.6 Å². The predicted molar refractivity (Wildman–Crippen MR) is 71.8 cm³/mol. The summed E-state index contributed by atoms with van der Waals surface area (Å²) in [6.07, 6.45) is 1.39. The lowest BCUT2D eigenvalue weighted by molar-refractivity contribution is 0.440. The molecule has 1 aromatic carbocycles. The van der Waals surface area contributed by atoms with Crippen LogP contribution in [0.4, 0.5) is 0 Å². The highest BCUT2D eigenvalue weighted by atomic mass is 32.2. The fourth-order valence-electron chi connectivity index (χ4n) is 1.77. The molecule has 2 rings (SSSR count). The van der Waals surface area contributed by atoms with Crippen LogP contribution in [0, 0.1) is 0 Å². The van der Waals surface area contributed by atoms with E-state index in [2.05, 4.69) is 14.9 Å². The van der Waals surface area contributed by atoms with Crippen LogP contribution in [0.15, 0.2) is 47.6 Å². The van der Waals surface area contributed by atoms with Crippen molar-refractivity contribution in [1.29, 1.82) is 0 Å². The van der Waals surface area contributed by atoms with Gasteiger partial charge in [0.05, 0.1) is 11.7 Å². The Morgan fingerprint density at radius 2 is 2.00 bits per heavy atom. The number of sulfonamides is 1. The average Bonchev–Trinajstić information content (AvgIpc) is 2.94. The van der Waals surface area contributed by atoms with Crippen LogP contribution in [-0.2, 0) is 15.6 Å². The Morgan fingerprint density at radius 3 is 2.53 bits per heavy atom. The smallest absolute Gasteiger partial charge is 0.258 e. The molecule has 0 saturated carbocycles. The quantitative estimate of drug-likeness (QED) is 0.745. The van der Waals surface area contributed by atoms with Crippen molar-refractivity contribution in [2.24, 2.45) is 5.73 Å². The fraction of sp³-hybridized carbons (Fsp3) is 0.250. The molecule has 0 amide bonds. The zero-order valence-corrected chi connectivity index (χ0v) is 11.3. The van der Waals surface area contributed by atoms with E-state index in [1.54, 1.807) is 6.92 Å². The normalized spacial score (nSPS) is 15.1. The first-order valence-corrected chi connectivity index (χ1v) is 7.25. The second-order valence-electron chi connectivity index (χ2n) is 4.43. The summed E-state index contributed by atoms with van der Waals surface area (Å²) < 4.78 is 27.0. The molecule has 0 saturated heterocycles. The molecule has 1 atom stereocenters. The van der Waals surface area contributed by atoms with Gasteiger partial charge in [0.15, 0.2) is 5.03 Å². The molecular formula is C12H16N4O2S. The lowest BCUT2D eigenvalue weighted by Crippen LogP contribution is -2.48. The summed E-state index contributed by atoms with van der Waals surface area (Å²) >= 11 is 0. The van der Waals surface area contributed by atoms with Crippen molar-refractivity contribution < 1.29 is 8.42 Å². The lowest BCUT2D eigenvalue weighted by atomic mass is 9.94. The van der Waals surface area contributed by atoms with Crippen molar-refractivity contribution in [1.82, 2.24) is 14.9 Å². The highest BCUT2D eigenvalue weighted by Crippen LogP contribution is 2.21. The summed E-state index contributed by atoms with van der Waals surface area (Å²) in [5.41, 5.74) is 5.68. The van der Waals surface area contributed by atoms with Gasteiger partial charge in [0.25, 0.3) is 10.0 Å². The summed E-state index contributed by atoms with van der Waals surface area (Å²) in [5, 5.41) is 6.09. The van der Waals surface area contributed by atoms with Crippen LogP contribution in [0.1, 0.15) is 12.5 Å². The number of nitrogens with one attached hydrogen (secondary N) is 2. The molecule has 0 radical (unpaired) electrons. The maximum absolute atomic E-state index is 12.2. The van der Waals surface area contributed by atoms with E-state index in [0.717, 1.165) is 5.56 Å². The molecule has 0 aliphatic carbocycles. The minimum Gasteiger partial charge on any atom is -0.328 e. The number of benzene rings is 1. The van der Waals surface area contributed by atoms with Crippen molar-refractivity contribution in [3.05, 3.63) is 48.2 Å². The molecule has 6 nitrogen and oxygen atoms in total. The molecule has 1 aromatic heterocycles. The van der Waals surface area contributed by atoms with Gasteiger partial charge in [-0.15, -0.1) is 0 Å². The molecule has 0 fully saturated rings. The monoisotopic (exact) mass is 280 g/mol. The van der Waals surface area contributed by atoms with E-state index in [1.807, 2.05) is 30.3 Å². The Morgan fingerprint density at radius 1 is 1.32 bits per heavy atom. The van der Waals surface area contributed by atoms with Crippen molar-refractivity contribution in [2.75, 3.05) is 6.54 Å². The number of aromatic amines is 1. The zero-order chi connectivity index (χ0) is 13.9. The van der Waals surface area contributed by atoms with Gasteiger partial charge < -0.3 is 5.73 Å². The largest absolute Gasteiger partial charge is 0.328 e. The maximum atomic E-state index is 12.2. The summed E-state index contributed by atoms with van der Waals surface area (Å²) in [5.74, 6) is 0. The summed E-state index contributed by atoms with van der Waals surface area (Å²) in [6.45, 7) is 1.89. The van der Waals surface area contributed by atoms with Crippen molar-refractivity contribution in [2.45, 2.75) is 17.5 Å². The second kappa shape index (κ2) is 5.12. The van der Waals surface area contributed by atoms with Gasteiger partial charge in [-0.3, -0.25) is 5.10 Å². The van der Waals surface area contributed by atoms with Gasteiger partial charge in [0.1, 0.15) is 0 Å². The maximum Gasteiger partial charge on any atom is 0.258 e. The van der Waals surface area contributed by atoms with E-state index in [9.17, 15) is 8.42 Å². The van der Waals surface area contributed by atoms with Gasteiger partial charge in [0.2, 0.25) is 0 Å². The first kappa shape index (κ1) is 13.7. The number of rotatable bonds is 5. The number of hydrogen-bond acceptors (Lipinski definition) is 4. The molecule has 1 heterocycles. The minimum absolute atomic E-state index is 0.0168. The molecule has 19 heavy (non-hydrogen) atoms. The topological polar surface area (TPSA) is 101 Å². The molecule has 0 spiro atoms. The van der Waals surface area contributed by atoms with Gasteiger partial charge in [-0.2, -0.15) is 9.82 Å². The summed E-state index contributed by atoms with van der Waals surface area (Å²) in [7, 11) is -3.68. The van der Waals surface area contributed by atoms with Gasteiger partial charge in [0, 0.05) is 6.54 Å². The van der Waals surface area contributed by atoms with Gasteiger partial charge in [-0.1, -0.05) is 30.3 Å². The lowest BCUT2D eigenvalue weighted by Gasteiger charge is -2.29. The van der Waals surface area contributed by atoms with Crippen LogP contribution in [0.5, 0.6) is 0 Å². The van der Waals surface area contributed by atoms with E-state index in [-0.39, 0.29) is 11.6 Å². The van der Waals surface area contributed by atoms with Crippen LogP contribution in [0.2, 0.25) is 0 Å². The fourth-order valence-corrected chi connectivity index (χ4v) is 3.09. The molecular weight excluding hydrogens is 264 g/mol. The molecule has 102 valence electrons. The van der Waals surface area contributed by atoms with Crippen LogP contribution in [-0.4, -0.2) is 25.2 Å². The molecule has 0 aliphatic heterocycles. The van der Waals surface area contributed by atoms with Gasteiger partial charge in [-0.25, -0.2) is 8.42 Å². The molecule has 1 unspecified atom stereocenters. The Bertz CT molecular complexity index is 625. The third-order valence-corrected chi connectivity index (χ3v) is 4.47. The first-order valence-electron chi connectivity index (χ1n) is 5.77. The third-order valence-electron chi connectivity index (χ3n) is 2.94. The van der Waals surface area contributed by atoms with Gasteiger partial charge in [-0.05, 0) is 18.6 Å². The Labute approximate surface area is 112 Å².